The van der Waals surface area contributed by atoms with Crippen LogP contribution < -0.4 is 15.5 Å². The lowest BCUT2D eigenvalue weighted by Crippen LogP contribution is -2.18. The first-order valence-electron chi connectivity index (χ1n) is 11.8. The van der Waals surface area contributed by atoms with E-state index in [0.717, 1.165) is 5.56 Å². The van der Waals surface area contributed by atoms with Gasteiger partial charge in [-0.05, 0) is 78.4 Å². The summed E-state index contributed by atoms with van der Waals surface area (Å²) in [6, 6.07) is 22.8. The van der Waals surface area contributed by atoms with Crippen LogP contribution in [0.2, 0.25) is 15.1 Å². The van der Waals surface area contributed by atoms with Gasteiger partial charge in [0.1, 0.15) is 5.75 Å². The van der Waals surface area contributed by atoms with Gasteiger partial charge in [0.2, 0.25) is 0 Å². The Balaban J connectivity index is 1.40. The summed E-state index contributed by atoms with van der Waals surface area (Å²) < 4.78 is 6.17. The molecule has 0 aromatic heterocycles. The van der Waals surface area contributed by atoms with Crippen molar-refractivity contribution in [2.45, 2.75) is 0 Å². The Bertz CT molecular complexity index is 1670. The minimum absolute atomic E-state index is 0.202. The highest BCUT2D eigenvalue weighted by molar-refractivity contribution is 9.10. The summed E-state index contributed by atoms with van der Waals surface area (Å²) in [5.74, 6) is -1.34. The van der Waals surface area contributed by atoms with Crippen molar-refractivity contribution >= 4 is 86.5 Å². The molecule has 41 heavy (non-hydrogen) atoms. The van der Waals surface area contributed by atoms with Gasteiger partial charge in [-0.15, -0.1) is 0 Å². The average Bonchev–Trinajstić information content (AvgIpc) is 2.94. The van der Waals surface area contributed by atoms with Crippen molar-refractivity contribution in [3.8, 4) is 5.75 Å². The molecule has 0 atom stereocenters. The molecule has 2 amide bonds. The van der Waals surface area contributed by atoms with Gasteiger partial charge in [-0.3, -0.25) is 9.59 Å². The van der Waals surface area contributed by atoms with Crippen molar-refractivity contribution in [2.75, 3.05) is 5.32 Å². The van der Waals surface area contributed by atoms with Gasteiger partial charge < -0.3 is 10.1 Å². The highest BCUT2D eigenvalue weighted by Gasteiger charge is 2.13. The number of hydrazone groups is 1. The molecule has 0 saturated heterocycles. The van der Waals surface area contributed by atoms with Crippen LogP contribution in [0.3, 0.4) is 0 Å². The summed E-state index contributed by atoms with van der Waals surface area (Å²) in [6.07, 6.45) is 4.25. The molecule has 11 heteroatoms. The number of benzene rings is 4. The van der Waals surface area contributed by atoms with Crippen LogP contribution in [0, 0.1) is 0 Å². The lowest BCUT2D eigenvalue weighted by molar-refractivity contribution is -0.128. The SMILES string of the molecule is O=C(/C=C/c1ccc(Cl)cc1)Oc1ccc(Br)cc1C=NNC(=O)c1cccc(NC(=O)c2ccc(Cl)cc2Cl)c1. The largest absolute Gasteiger partial charge is 0.423 e. The van der Waals surface area contributed by atoms with E-state index in [1.54, 1.807) is 72.8 Å². The molecule has 0 fully saturated rings. The molecule has 0 aliphatic heterocycles. The third-order valence-corrected chi connectivity index (χ3v) is 6.69. The first-order valence-corrected chi connectivity index (χ1v) is 13.8. The van der Waals surface area contributed by atoms with Gasteiger partial charge in [0, 0.05) is 37.4 Å². The van der Waals surface area contributed by atoms with Crippen molar-refractivity contribution in [3.05, 3.63) is 133 Å². The van der Waals surface area contributed by atoms with Gasteiger partial charge in [-0.2, -0.15) is 5.10 Å². The fourth-order valence-electron chi connectivity index (χ4n) is 3.43. The van der Waals surface area contributed by atoms with Crippen molar-refractivity contribution in [3.63, 3.8) is 0 Å². The monoisotopic (exact) mass is 669 g/mol. The van der Waals surface area contributed by atoms with Crippen molar-refractivity contribution in [2.24, 2.45) is 5.10 Å². The summed E-state index contributed by atoms with van der Waals surface area (Å²) in [5, 5.41) is 7.90. The summed E-state index contributed by atoms with van der Waals surface area (Å²) in [4.78, 5) is 37.7. The van der Waals surface area contributed by atoms with E-state index < -0.39 is 17.8 Å². The first kappa shape index (κ1) is 30.0. The number of rotatable bonds is 8. The van der Waals surface area contributed by atoms with E-state index in [2.05, 4.69) is 31.8 Å². The topological polar surface area (TPSA) is 96.9 Å². The van der Waals surface area contributed by atoms with Crippen LogP contribution in [0.1, 0.15) is 31.8 Å². The number of hydrogen-bond acceptors (Lipinski definition) is 5. The second-order valence-corrected chi connectivity index (χ2v) is 10.5. The minimum Gasteiger partial charge on any atom is -0.423 e. The number of carbonyl (C=O) groups is 3. The lowest BCUT2D eigenvalue weighted by atomic mass is 10.1. The molecule has 4 aromatic carbocycles. The fourth-order valence-corrected chi connectivity index (χ4v) is 4.43. The maximum atomic E-state index is 12.7. The molecule has 4 aromatic rings. The fraction of sp³-hybridized carbons (Fsp3) is 0. The summed E-state index contributed by atoms with van der Waals surface area (Å²) in [6.45, 7) is 0. The Kier molecular flexibility index (Phi) is 10.3. The third-order valence-electron chi connectivity index (χ3n) is 5.39. The molecule has 0 spiro atoms. The number of ether oxygens (including phenoxy) is 1. The average molecular weight is 672 g/mol. The molecule has 0 unspecified atom stereocenters. The van der Waals surface area contributed by atoms with Crippen LogP contribution in [-0.4, -0.2) is 24.0 Å². The van der Waals surface area contributed by atoms with Crippen LogP contribution in [0.15, 0.2) is 101 Å². The molecule has 0 aliphatic carbocycles. The second kappa shape index (κ2) is 14.1. The summed E-state index contributed by atoms with van der Waals surface area (Å²) >= 11 is 21.3. The predicted octanol–water partition coefficient (Wildman–Crippen LogP) is 8.04. The third kappa shape index (κ3) is 8.77. The van der Waals surface area contributed by atoms with Crippen LogP contribution in [0.4, 0.5) is 5.69 Å². The quantitative estimate of drug-likeness (QED) is 0.0652. The molecule has 4 rings (SSSR count). The normalized spacial score (nSPS) is 11.0. The zero-order valence-electron chi connectivity index (χ0n) is 20.9. The Morgan fingerprint density at radius 1 is 0.829 bits per heavy atom. The molecular weight excluding hydrogens is 653 g/mol. The molecule has 7 nitrogen and oxygen atoms in total. The molecule has 0 saturated carbocycles. The van der Waals surface area contributed by atoms with E-state index in [0.29, 0.717) is 25.8 Å². The van der Waals surface area contributed by atoms with Crippen LogP contribution in [0.5, 0.6) is 5.75 Å². The van der Waals surface area contributed by atoms with Crippen LogP contribution in [0.25, 0.3) is 6.08 Å². The predicted molar refractivity (Wildman–Crippen MR) is 166 cm³/mol. The lowest BCUT2D eigenvalue weighted by Gasteiger charge is -2.09. The highest BCUT2D eigenvalue weighted by Crippen LogP contribution is 2.24. The number of anilines is 1. The Hall–Kier alpha value is -3.95. The van der Waals surface area contributed by atoms with Gasteiger partial charge >= 0.3 is 5.97 Å². The maximum Gasteiger partial charge on any atom is 0.336 e. The van der Waals surface area contributed by atoms with Crippen LogP contribution >= 0.6 is 50.7 Å². The number of carbonyl (C=O) groups excluding carboxylic acids is 3. The molecule has 0 heterocycles. The standard InChI is InChI=1S/C30H19BrCl3N3O4/c31-21-7-12-27(41-28(38)13-6-18-4-8-22(32)9-5-18)20(14-21)17-35-37-29(39)19-2-1-3-24(15-19)36-30(40)25-11-10-23(33)16-26(25)34/h1-17H,(H,36,40)(H,37,39)/b13-6+,35-17?. The highest BCUT2D eigenvalue weighted by atomic mass is 79.9. The minimum atomic E-state index is -0.597. The van der Waals surface area contributed by atoms with Crippen molar-refractivity contribution in [1.82, 2.24) is 5.43 Å². The van der Waals surface area contributed by atoms with Crippen LogP contribution in [-0.2, 0) is 4.79 Å². The molecule has 0 radical (unpaired) electrons. The van der Waals surface area contributed by atoms with Gasteiger partial charge in [-0.1, -0.05) is 68.9 Å². The Labute approximate surface area is 258 Å². The van der Waals surface area contributed by atoms with Gasteiger partial charge in [0.15, 0.2) is 0 Å². The van der Waals surface area contributed by atoms with E-state index in [1.165, 1.54) is 30.5 Å². The molecule has 0 aliphatic rings. The number of nitrogens with zero attached hydrogens (tertiary/aromatic N) is 1. The number of halogens is 4. The summed E-state index contributed by atoms with van der Waals surface area (Å²) in [7, 11) is 0. The van der Waals surface area contributed by atoms with Gasteiger partial charge in [0.05, 0.1) is 16.8 Å². The summed E-state index contributed by atoms with van der Waals surface area (Å²) in [5.41, 5.74) is 4.51. The maximum absolute atomic E-state index is 12.7. The van der Waals surface area contributed by atoms with E-state index >= 15 is 0 Å². The number of esters is 1. The second-order valence-electron chi connectivity index (χ2n) is 8.35. The molecule has 0 bridgehead atoms. The van der Waals surface area contributed by atoms with E-state index in [4.69, 9.17) is 39.5 Å². The number of hydrogen-bond donors (Lipinski definition) is 2. The zero-order chi connectivity index (χ0) is 29.4. The van der Waals surface area contributed by atoms with E-state index in [1.807, 2.05) is 0 Å². The Morgan fingerprint density at radius 3 is 2.34 bits per heavy atom. The Morgan fingerprint density at radius 2 is 1.59 bits per heavy atom. The number of amides is 2. The number of nitrogens with one attached hydrogen (secondary N) is 2. The smallest absolute Gasteiger partial charge is 0.336 e. The van der Waals surface area contributed by atoms with E-state index in [-0.39, 0.29) is 21.9 Å². The van der Waals surface area contributed by atoms with Crippen molar-refractivity contribution in [1.29, 1.82) is 0 Å². The zero-order valence-corrected chi connectivity index (χ0v) is 24.8. The van der Waals surface area contributed by atoms with Gasteiger partial charge in [-0.25, -0.2) is 10.2 Å². The molecule has 2 N–H and O–H groups in total. The van der Waals surface area contributed by atoms with E-state index in [9.17, 15) is 14.4 Å². The van der Waals surface area contributed by atoms with Crippen molar-refractivity contribution < 1.29 is 19.1 Å². The molecular formula is C30H19BrCl3N3O4. The van der Waals surface area contributed by atoms with Gasteiger partial charge in [0.25, 0.3) is 11.8 Å². The first-order chi connectivity index (χ1) is 19.7. The molecule has 206 valence electrons.